The molecule has 0 N–H and O–H groups in total. The van der Waals surface area contributed by atoms with Crippen molar-refractivity contribution >= 4 is 18.7 Å². The van der Waals surface area contributed by atoms with E-state index in [2.05, 4.69) is 0 Å². The third-order valence-electron chi connectivity index (χ3n) is 1.18. The Bertz CT molecular complexity index is 234. The maximum atomic E-state index is 11.8. The first-order chi connectivity index (χ1) is 5.58. The molecule has 0 spiro atoms. The van der Waals surface area contributed by atoms with Gasteiger partial charge in [-0.2, -0.15) is 11.8 Å². The average Bonchev–Trinajstić information content (AvgIpc) is 2.02. The number of halogens is 3. The van der Waals surface area contributed by atoms with Crippen molar-refractivity contribution in [2.75, 3.05) is 5.65 Å². The highest BCUT2D eigenvalue weighted by Gasteiger charge is 2.22. The summed E-state index contributed by atoms with van der Waals surface area (Å²) in [4.78, 5) is 0.664. The second-order valence-corrected chi connectivity index (χ2v) is 3.43. The van der Waals surface area contributed by atoms with Gasteiger partial charge in [0.25, 0.3) is 0 Å². The minimum atomic E-state index is -4.67. The maximum absolute atomic E-state index is 11.8. The molecule has 0 nitrogen and oxygen atoms in total. The normalized spacial score (nSPS) is 11.6. The summed E-state index contributed by atoms with van der Waals surface area (Å²) in [6.07, 6.45) is 0. The molecule has 0 aliphatic carbocycles. The average molecular weight is 191 g/mol. The Kier molecular flexibility index (Phi) is 3.09. The summed E-state index contributed by atoms with van der Waals surface area (Å²) in [6, 6.07) is 8.58. The van der Waals surface area contributed by atoms with Gasteiger partial charge >= 0.3 is 6.98 Å². The lowest BCUT2D eigenvalue weighted by Crippen LogP contribution is -2.18. The molecule has 1 aromatic rings. The fourth-order valence-corrected chi connectivity index (χ4v) is 1.44. The molecule has 0 amide bonds. The highest BCUT2D eigenvalue weighted by molar-refractivity contribution is 8.00. The van der Waals surface area contributed by atoms with E-state index in [0.29, 0.717) is 4.90 Å². The van der Waals surface area contributed by atoms with Gasteiger partial charge in [0, 0.05) is 4.90 Å². The molecule has 0 bridgehead atoms. The third-order valence-corrected chi connectivity index (χ3v) is 2.33. The topological polar surface area (TPSA) is 0 Å². The second kappa shape index (κ2) is 3.89. The zero-order valence-corrected chi connectivity index (χ0v) is 7.03. The van der Waals surface area contributed by atoms with Gasteiger partial charge in [0.05, 0.1) is 0 Å². The second-order valence-electron chi connectivity index (χ2n) is 2.33. The molecule has 0 fully saturated rings. The SMILES string of the molecule is F[B-](F)(F)CSc1ccccc1. The van der Waals surface area contributed by atoms with E-state index >= 15 is 0 Å². The Morgan fingerprint density at radius 2 is 1.67 bits per heavy atom. The van der Waals surface area contributed by atoms with Crippen LogP contribution in [0.4, 0.5) is 12.9 Å². The van der Waals surface area contributed by atoms with Gasteiger partial charge in [0.1, 0.15) is 0 Å². The van der Waals surface area contributed by atoms with E-state index in [0.717, 1.165) is 11.8 Å². The summed E-state index contributed by atoms with van der Waals surface area (Å²) in [5, 5.41) is 0. The molecule has 0 aliphatic rings. The van der Waals surface area contributed by atoms with E-state index in [-0.39, 0.29) is 0 Å². The molecule has 0 aromatic heterocycles. The molecule has 0 atom stereocenters. The van der Waals surface area contributed by atoms with Crippen LogP contribution in [-0.2, 0) is 0 Å². The van der Waals surface area contributed by atoms with Gasteiger partial charge in [-0.1, -0.05) is 18.2 Å². The highest BCUT2D eigenvalue weighted by Crippen LogP contribution is 2.23. The molecule has 0 heterocycles. The number of thioether (sulfide) groups is 1. The first-order valence-corrected chi connectivity index (χ1v) is 4.45. The zero-order valence-electron chi connectivity index (χ0n) is 6.21. The van der Waals surface area contributed by atoms with Crippen molar-refractivity contribution in [2.24, 2.45) is 0 Å². The van der Waals surface area contributed by atoms with Crippen LogP contribution in [0.2, 0.25) is 0 Å². The largest absolute Gasteiger partial charge is 0.488 e. The third kappa shape index (κ3) is 3.71. The summed E-state index contributed by atoms with van der Waals surface area (Å²) in [5.41, 5.74) is -0.760. The molecule has 66 valence electrons. The van der Waals surface area contributed by atoms with Crippen molar-refractivity contribution in [1.29, 1.82) is 0 Å². The number of rotatable bonds is 3. The molecular formula is C7H7BF3S-. The van der Waals surface area contributed by atoms with Gasteiger partial charge in [-0.15, -0.1) is 0 Å². The first-order valence-electron chi connectivity index (χ1n) is 3.47. The summed E-state index contributed by atoms with van der Waals surface area (Å²) < 4.78 is 35.3. The van der Waals surface area contributed by atoms with Crippen LogP contribution in [0.3, 0.4) is 0 Å². The lowest BCUT2D eigenvalue weighted by molar-refractivity contribution is 0.485. The van der Waals surface area contributed by atoms with Gasteiger partial charge in [0.15, 0.2) is 0 Å². The molecule has 5 heteroatoms. The summed E-state index contributed by atoms with van der Waals surface area (Å²) in [6.45, 7) is -4.67. The van der Waals surface area contributed by atoms with Gasteiger partial charge in [-0.3, -0.25) is 0 Å². The molecular weight excluding hydrogens is 184 g/mol. The Balaban J connectivity index is 2.44. The Labute approximate surface area is 73.2 Å². The molecule has 0 saturated heterocycles. The molecule has 1 rings (SSSR count). The van der Waals surface area contributed by atoms with Gasteiger partial charge in [-0.05, 0) is 17.8 Å². The molecule has 1 aromatic carbocycles. The molecule has 12 heavy (non-hydrogen) atoms. The number of hydrogen-bond donors (Lipinski definition) is 0. The Morgan fingerprint density at radius 3 is 2.17 bits per heavy atom. The van der Waals surface area contributed by atoms with Crippen LogP contribution in [0.15, 0.2) is 35.2 Å². The van der Waals surface area contributed by atoms with Crippen LogP contribution in [0, 0.1) is 0 Å². The van der Waals surface area contributed by atoms with Crippen molar-refractivity contribution in [3.8, 4) is 0 Å². The van der Waals surface area contributed by atoms with Crippen molar-refractivity contribution in [1.82, 2.24) is 0 Å². The van der Waals surface area contributed by atoms with E-state index < -0.39 is 12.6 Å². The van der Waals surface area contributed by atoms with Gasteiger partial charge in [-0.25, -0.2) is 0 Å². The predicted octanol–water partition coefficient (Wildman–Crippen LogP) is 3.17. The van der Waals surface area contributed by atoms with Gasteiger partial charge in [0.2, 0.25) is 0 Å². The van der Waals surface area contributed by atoms with E-state index in [9.17, 15) is 12.9 Å². The van der Waals surface area contributed by atoms with Crippen molar-refractivity contribution in [3.63, 3.8) is 0 Å². The summed E-state index contributed by atoms with van der Waals surface area (Å²) in [7, 11) is 0. The molecule has 0 saturated carbocycles. The Hall–Kier alpha value is -0.575. The zero-order chi connectivity index (χ0) is 9.03. The number of benzene rings is 1. The maximum Gasteiger partial charge on any atom is 0.488 e. The fraction of sp³-hybridized carbons (Fsp3) is 0.143. The summed E-state index contributed by atoms with van der Waals surface area (Å²) >= 11 is 0.830. The quantitative estimate of drug-likeness (QED) is 0.522. The van der Waals surface area contributed by atoms with Crippen molar-refractivity contribution in [2.45, 2.75) is 4.90 Å². The van der Waals surface area contributed by atoms with Crippen LogP contribution in [0.5, 0.6) is 0 Å². The fourth-order valence-electron chi connectivity index (χ4n) is 0.707. The van der Waals surface area contributed by atoms with E-state index in [1.54, 1.807) is 30.3 Å². The van der Waals surface area contributed by atoms with E-state index in [4.69, 9.17) is 0 Å². The van der Waals surface area contributed by atoms with Crippen molar-refractivity contribution < 1.29 is 12.9 Å². The standard InChI is InChI=1S/C7H7BF3S/c9-8(10,11)6-12-7-4-2-1-3-5-7/h1-5H,6H2/q-1. The minimum Gasteiger partial charge on any atom is -0.448 e. The predicted molar refractivity (Wildman–Crippen MR) is 46.2 cm³/mol. The minimum absolute atomic E-state index is 0.664. The first kappa shape index (κ1) is 9.51. The number of hydrogen-bond acceptors (Lipinski definition) is 1. The molecule has 0 radical (unpaired) electrons. The van der Waals surface area contributed by atoms with Crippen LogP contribution in [-0.4, -0.2) is 12.6 Å². The van der Waals surface area contributed by atoms with Crippen molar-refractivity contribution in [3.05, 3.63) is 30.3 Å². The summed E-state index contributed by atoms with van der Waals surface area (Å²) in [5.74, 6) is 0. The van der Waals surface area contributed by atoms with E-state index in [1.165, 1.54) is 0 Å². The lowest BCUT2D eigenvalue weighted by Gasteiger charge is -2.12. The van der Waals surface area contributed by atoms with Gasteiger partial charge < -0.3 is 12.9 Å². The lowest BCUT2D eigenvalue weighted by atomic mass is 9.98. The molecule has 0 unspecified atom stereocenters. The van der Waals surface area contributed by atoms with Crippen LogP contribution in [0.1, 0.15) is 0 Å². The monoisotopic (exact) mass is 191 g/mol. The Morgan fingerprint density at radius 1 is 1.08 bits per heavy atom. The smallest absolute Gasteiger partial charge is 0.448 e. The van der Waals surface area contributed by atoms with E-state index in [1.807, 2.05) is 0 Å². The molecule has 0 aliphatic heterocycles. The van der Waals surface area contributed by atoms with Crippen LogP contribution >= 0.6 is 11.8 Å². The van der Waals surface area contributed by atoms with Crippen LogP contribution in [0.25, 0.3) is 0 Å². The highest BCUT2D eigenvalue weighted by atomic mass is 32.2. The van der Waals surface area contributed by atoms with Crippen LogP contribution < -0.4 is 0 Å².